The third-order valence-corrected chi connectivity index (χ3v) is 2.94. The molecule has 18 heavy (non-hydrogen) atoms. The molecule has 2 aromatic carbocycles. The summed E-state index contributed by atoms with van der Waals surface area (Å²) in [6.45, 7) is 3.76. The van der Waals surface area contributed by atoms with Gasteiger partial charge in [0.15, 0.2) is 0 Å². The van der Waals surface area contributed by atoms with Crippen molar-refractivity contribution < 1.29 is 4.74 Å². The lowest BCUT2D eigenvalue weighted by atomic mass is 10.0. The third-order valence-electron chi connectivity index (χ3n) is 2.94. The van der Waals surface area contributed by atoms with Crippen molar-refractivity contribution in [3.8, 4) is 0 Å². The highest BCUT2D eigenvalue weighted by Crippen LogP contribution is 2.18. The summed E-state index contributed by atoms with van der Waals surface area (Å²) in [5, 5.41) is 6.09. The Bertz CT molecular complexity index is 481. The second-order valence-electron chi connectivity index (χ2n) is 4.38. The number of methoxy groups -OCH3 is 1. The molecule has 0 amide bonds. The molecule has 2 rings (SSSR count). The number of fused-ring (bicyclic) bond motifs is 1. The van der Waals surface area contributed by atoms with Gasteiger partial charge >= 0.3 is 0 Å². The number of rotatable bonds is 5. The van der Waals surface area contributed by atoms with Crippen molar-refractivity contribution in [1.29, 1.82) is 0 Å². The first-order chi connectivity index (χ1) is 8.31. The maximum absolute atomic E-state index is 5.12. The first kappa shape index (κ1) is 15.2. The SMILES string of the molecule is Br.COCC(C)NCc1cccc2ccccc12. The second-order valence-corrected chi connectivity index (χ2v) is 4.38. The number of nitrogens with one attached hydrogen (secondary N) is 1. The normalized spacial score (nSPS) is 12.1. The van der Waals surface area contributed by atoms with Crippen LogP contribution in [0.2, 0.25) is 0 Å². The van der Waals surface area contributed by atoms with Crippen molar-refractivity contribution in [1.82, 2.24) is 5.32 Å². The Balaban J connectivity index is 0.00000162. The molecule has 2 aromatic rings. The first-order valence-corrected chi connectivity index (χ1v) is 6.00. The van der Waals surface area contributed by atoms with Gasteiger partial charge in [0.05, 0.1) is 6.61 Å². The van der Waals surface area contributed by atoms with E-state index in [9.17, 15) is 0 Å². The molecule has 2 nitrogen and oxygen atoms in total. The number of ether oxygens (including phenoxy) is 1. The van der Waals surface area contributed by atoms with Crippen LogP contribution in [0.15, 0.2) is 42.5 Å². The average molecular weight is 310 g/mol. The molecule has 3 heteroatoms. The van der Waals surface area contributed by atoms with Crippen LogP contribution in [0.3, 0.4) is 0 Å². The topological polar surface area (TPSA) is 21.3 Å². The van der Waals surface area contributed by atoms with Gasteiger partial charge in [-0.1, -0.05) is 42.5 Å². The molecule has 0 saturated carbocycles. The van der Waals surface area contributed by atoms with E-state index >= 15 is 0 Å². The summed E-state index contributed by atoms with van der Waals surface area (Å²) in [6.07, 6.45) is 0. The summed E-state index contributed by atoms with van der Waals surface area (Å²) >= 11 is 0. The number of halogens is 1. The van der Waals surface area contributed by atoms with E-state index in [4.69, 9.17) is 4.74 Å². The van der Waals surface area contributed by atoms with Crippen molar-refractivity contribution in [2.24, 2.45) is 0 Å². The molecule has 1 N–H and O–H groups in total. The standard InChI is InChI=1S/C15H19NO.BrH/c1-12(11-17-2)16-10-14-8-5-7-13-6-3-4-9-15(13)14;/h3-9,12,16H,10-11H2,1-2H3;1H. The van der Waals surface area contributed by atoms with Crippen molar-refractivity contribution in [3.63, 3.8) is 0 Å². The summed E-state index contributed by atoms with van der Waals surface area (Å²) in [5.74, 6) is 0. The van der Waals surface area contributed by atoms with Gasteiger partial charge in [0, 0.05) is 19.7 Å². The van der Waals surface area contributed by atoms with Gasteiger partial charge in [-0.3, -0.25) is 0 Å². The predicted octanol–water partition coefficient (Wildman–Crippen LogP) is 3.54. The maximum atomic E-state index is 5.12. The van der Waals surface area contributed by atoms with E-state index in [1.807, 2.05) is 0 Å². The minimum absolute atomic E-state index is 0. The quantitative estimate of drug-likeness (QED) is 0.912. The van der Waals surface area contributed by atoms with Gasteiger partial charge in [-0.25, -0.2) is 0 Å². The molecule has 0 aromatic heterocycles. The fraction of sp³-hybridized carbons (Fsp3) is 0.333. The molecule has 1 unspecified atom stereocenters. The van der Waals surface area contributed by atoms with Crippen molar-refractivity contribution in [2.45, 2.75) is 19.5 Å². The van der Waals surface area contributed by atoms with Crippen LogP contribution in [-0.4, -0.2) is 19.8 Å². The highest BCUT2D eigenvalue weighted by atomic mass is 79.9. The van der Waals surface area contributed by atoms with Crippen molar-refractivity contribution in [2.75, 3.05) is 13.7 Å². The smallest absolute Gasteiger partial charge is 0.0613 e. The van der Waals surface area contributed by atoms with Gasteiger partial charge in [0.2, 0.25) is 0 Å². The van der Waals surface area contributed by atoms with Gasteiger partial charge in [-0.05, 0) is 23.3 Å². The van der Waals surface area contributed by atoms with Crippen LogP contribution < -0.4 is 5.32 Å². The van der Waals surface area contributed by atoms with E-state index in [1.165, 1.54) is 16.3 Å². The summed E-state index contributed by atoms with van der Waals surface area (Å²) in [7, 11) is 1.73. The second kappa shape index (κ2) is 7.52. The van der Waals surface area contributed by atoms with Crippen LogP contribution in [0, 0.1) is 0 Å². The molecule has 98 valence electrons. The minimum Gasteiger partial charge on any atom is -0.383 e. The summed E-state index contributed by atoms with van der Waals surface area (Å²) < 4.78 is 5.12. The van der Waals surface area contributed by atoms with Crippen LogP contribution in [0.25, 0.3) is 10.8 Å². The Labute approximate surface area is 119 Å². The van der Waals surface area contributed by atoms with E-state index in [0.717, 1.165) is 13.2 Å². The van der Waals surface area contributed by atoms with E-state index < -0.39 is 0 Å². The monoisotopic (exact) mass is 309 g/mol. The Morgan fingerprint density at radius 3 is 2.61 bits per heavy atom. The molecule has 0 radical (unpaired) electrons. The van der Waals surface area contributed by atoms with Crippen LogP contribution in [0.4, 0.5) is 0 Å². The summed E-state index contributed by atoms with van der Waals surface area (Å²) in [5.41, 5.74) is 1.34. The summed E-state index contributed by atoms with van der Waals surface area (Å²) in [6, 6.07) is 15.3. The minimum atomic E-state index is 0. The Kier molecular flexibility index (Phi) is 6.33. The zero-order valence-corrected chi connectivity index (χ0v) is 12.6. The molecule has 0 saturated heterocycles. The molecule has 0 spiro atoms. The Morgan fingerprint density at radius 1 is 1.11 bits per heavy atom. The highest BCUT2D eigenvalue weighted by Gasteiger charge is 2.03. The zero-order chi connectivity index (χ0) is 12.1. The fourth-order valence-corrected chi connectivity index (χ4v) is 2.04. The molecule has 0 bridgehead atoms. The lowest BCUT2D eigenvalue weighted by Gasteiger charge is -2.13. The van der Waals surface area contributed by atoms with E-state index in [-0.39, 0.29) is 17.0 Å². The van der Waals surface area contributed by atoms with E-state index in [0.29, 0.717) is 6.04 Å². The molecule has 0 aliphatic carbocycles. The Morgan fingerprint density at radius 2 is 1.83 bits per heavy atom. The third kappa shape index (κ3) is 3.80. The van der Waals surface area contributed by atoms with Crippen LogP contribution in [0.5, 0.6) is 0 Å². The Hall–Kier alpha value is -0.900. The largest absolute Gasteiger partial charge is 0.383 e. The number of hydrogen-bond acceptors (Lipinski definition) is 2. The molecule has 0 aliphatic rings. The summed E-state index contributed by atoms with van der Waals surface area (Å²) in [4.78, 5) is 0. The van der Waals surface area contributed by atoms with E-state index in [1.54, 1.807) is 7.11 Å². The van der Waals surface area contributed by atoms with Gasteiger partial charge in [0.25, 0.3) is 0 Å². The molecular formula is C15H20BrNO. The zero-order valence-electron chi connectivity index (χ0n) is 10.8. The fourth-order valence-electron chi connectivity index (χ4n) is 2.04. The molecule has 0 fully saturated rings. The maximum Gasteiger partial charge on any atom is 0.0613 e. The van der Waals surface area contributed by atoms with Gasteiger partial charge in [0.1, 0.15) is 0 Å². The number of benzene rings is 2. The predicted molar refractivity (Wildman–Crippen MR) is 82.4 cm³/mol. The molecule has 0 aliphatic heterocycles. The lowest BCUT2D eigenvalue weighted by molar-refractivity contribution is 0.172. The lowest BCUT2D eigenvalue weighted by Crippen LogP contribution is -2.29. The molecule has 1 atom stereocenters. The number of hydrogen-bond donors (Lipinski definition) is 1. The first-order valence-electron chi connectivity index (χ1n) is 6.00. The van der Waals surface area contributed by atoms with Crippen molar-refractivity contribution >= 4 is 27.8 Å². The van der Waals surface area contributed by atoms with Crippen LogP contribution >= 0.6 is 17.0 Å². The van der Waals surface area contributed by atoms with E-state index in [2.05, 4.69) is 54.7 Å². The molecule has 0 heterocycles. The highest BCUT2D eigenvalue weighted by molar-refractivity contribution is 8.93. The van der Waals surface area contributed by atoms with Crippen LogP contribution in [-0.2, 0) is 11.3 Å². The van der Waals surface area contributed by atoms with Gasteiger partial charge < -0.3 is 10.1 Å². The van der Waals surface area contributed by atoms with Crippen LogP contribution in [0.1, 0.15) is 12.5 Å². The van der Waals surface area contributed by atoms with Gasteiger partial charge in [-0.15, -0.1) is 17.0 Å². The average Bonchev–Trinajstić information content (AvgIpc) is 2.36. The van der Waals surface area contributed by atoms with Gasteiger partial charge in [-0.2, -0.15) is 0 Å². The molecular weight excluding hydrogens is 290 g/mol. The van der Waals surface area contributed by atoms with Crippen molar-refractivity contribution in [3.05, 3.63) is 48.0 Å².